The van der Waals surface area contributed by atoms with Crippen LogP contribution in [0.25, 0.3) is 0 Å². The Morgan fingerprint density at radius 1 is 1.47 bits per heavy atom. The third-order valence-electron chi connectivity index (χ3n) is 2.65. The van der Waals surface area contributed by atoms with Crippen molar-refractivity contribution >= 4 is 23.1 Å². The van der Waals surface area contributed by atoms with Crippen molar-refractivity contribution in [2.75, 3.05) is 32.3 Å². The van der Waals surface area contributed by atoms with Crippen LogP contribution in [0.4, 0.5) is 0 Å². The van der Waals surface area contributed by atoms with Gasteiger partial charge in [-0.2, -0.15) is 11.8 Å². The van der Waals surface area contributed by atoms with Gasteiger partial charge in [-0.25, -0.2) is 4.98 Å². The molecule has 0 saturated carbocycles. The molecule has 0 saturated heterocycles. The molecule has 0 fully saturated rings. The molecule has 1 aromatic heterocycles. The van der Waals surface area contributed by atoms with Crippen LogP contribution < -0.4 is 5.32 Å². The summed E-state index contributed by atoms with van der Waals surface area (Å²) in [4.78, 5) is 5.97. The van der Waals surface area contributed by atoms with E-state index in [0.717, 1.165) is 31.0 Å². The molecule has 5 heteroatoms. The lowest BCUT2D eigenvalue weighted by molar-refractivity contribution is 0.195. The normalized spacial score (nSPS) is 12.9. The lowest BCUT2D eigenvalue weighted by Gasteiger charge is -2.15. The van der Waals surface area contributed by atoms with Crippen molar-refractivity contribution < 1.29 is 4.74 Å². The number of thioether (sulfide) groups is 1. The summed E-state index contributed by atoms with van der Waals surface area (Å²) in [5.74, 6) is 1.16. The Morgan fingerprint density at radius 3 is 2.76 bits per heavy atom. The smallest absolute Gasteiger partial charge is 0.110 e. The monoisotopic (exact) mass is 274 g/mol. The molecule has 1 atom stereocenters. The van der Waals surface area contributed by atoms with Gasteiger partial charge in [0.2, 0.25) is 0 Å². The molecule has 0 bridgehead atoms. The predicted molar refractivity (Wildman–Crippen MR) is 77.2 cm³/mol. The van der Waals surface area contributed by atoms with Crippen LogP contribution in [0.2, 0.25) is 0 Å². The fourth-order valence-corrected chi connectivity index (χ4v) is 3.03. The molecule has 98 valence electrons. The van der Waals surface area contributed by atoms with Crippen molar-refractivity contribution in [2.24, 2.45) is 0 Å². The van der Waals surface area contributed by atoms with E-state index in [1.165, 1.54) is 9.88 Å². The van der Waals surface area contributed by atoms with E-state index >= 15 is 0 Å². The zero-order valence-corrected chi connectivity index (χ0v) is 12.7. The highest BCUT2D eigenvalue weighted by Gasteiger charge is 2.15. The maximum atomic E-state index is 5.08. The van der Waals surface area contributed by atoms with Crippen LogP contribution in [0.5, 0.6) is 0 Å². The molecular formula is C12H22N2OS2. The highest BCUT2D eigenvalue weighted by atomic mass is 32.2. The van der Waals surface area contributed by atoms with E-state index < -0.39 is 0 Å². The second-order valence-corrected chi connectivity index (χ2v) is 6.20. The van der Waals surface area contributed by atoms with Crippen LogP contribution in [0, 0.1) is 13.8 Å². The number of methoxy groups -OCH3 is 1. The molecule has 0 aliphatic carbocycles. The van der Waals surface area contributed by atoms with Gasteiger partial charge < -0.3 is 10.1 Å². The van der Waals surface area contributed by atoms with Crippen LogP contribution in [0.15, 0.2) is 0 Å². The topological polar surface area (TPSA) is 34.1 Å². The Morgan fingerprint density at radius 2 is 2.24 bits per heavy atom. The van der Waals surface area contributed by atoms with Gasteiger partial charge in [0.1, 0.15) is 5.01 Å². The van der Waals surface area contributed by atoms with Gasteiger partial charge in [0.05, 0.1) is 18.3 Å². The van der Waals surface area contributed by atoms with Gasteiger partial charge in [-0.05, 0) is 32.3 Å². The summed E-state index contributed by atoms with van der Waals surface area (Å²) in [7, 11) is 1.73. The summed E-state index contributed by atoms with van der Waals surface area (Å²) < 4.78 is 5.08. The number of nitrogens with one attached hydrogen (secondary N) is 1. The van der Waals surface area contributed by atoms with Crippen molar-refractivity contribution in [3.63, 3.8) is 0 Å². The molecule has 3 nitrogen and oxygen atoms in total. The Hall–Kier alpha value is -0.100. The van der Waals surface area contributed by atoms with Crippen molar-refractivity contribution in [3.05, 3.63) is 15.6 Å². The molecule has 1 aromatic rings. The Bertz CT molecular complexity index is 309. The summed E-state index contributed by atoms with van der Waals surface area (Å²) in [6, 6.07) is 0.370. The number of hydrogen-bond donors (Lipinski definition) is 1. The largest absolute Gasteiger partial charge is 0.383 e. The Balaban J connectivity index is 2.60. The lowest BCUT2D eigenvalue weighted by atomic mass is 10.2. The first-order chi connectivity index (χ1) is 8.19. The first-order valence-electron chi connectivity index (χ1n) is 5.84. The lowest BCUT2D eigenvalue weighted by Crippen LogP contribution is -2.25. The van der Waals surface area contributed by atoms with E-state index in [-0.39, 0.29) is 0 Å². The number of ether oxygens (including phenoxy) is 1. The molecule has 1 unspecified atom stereocenters. The van der Waals surface area contributed by atoms with Gasteiger partial charge in [-0.3, -0.25) is 0 Å². The molecule has 1 heterocycles. The van der Waals surface area contributed by atoms with E-state index in [9.17, 15) is 0 Å². The standard InChI is InChI=1S/C12H22N2OS2/c1-9-10(2)17-12(14-9)11(5-8-16-4)13-6-7-15-3/h11,13H,5-8H2,1-4H3. The van der Waals surface area contributed by atoms with E-state index in [2.05, 4.69) is 30.4 Å². The van der Waals surface area contributed by atoms with Crippen LogP contribution in [-0.2, 0) is 4.74 Å². The Labute approximate surface area is 112 Å². The maximum absolute atomic E-state index is 5.08. The maximum Gasteiger partial charge on any atom is 0.110 e. The second kappa shape index (κ2) is 8.08. The highest BCUT2D eigenvalue weighted by molar-refractivity contribution is 7.98. The van der Waals surface area contributed by atoms with E-state index in [4.69, 9.17) is 4.74 Å². The third kappa shape index (κ3) is 4.95. The summed E-state index contributed by atoms with van der Waals surface area (Å²) >= 11 is 3.69. The van der Waals surface area contributed by atoms with Gasteiger partial charge >= 0.3 is 0 Å². The number of thiazole rings is 1. The van der Waals surface area contributed by atoms with E-state index in [0.29, 0.717) is 6.04 Å². The number of rotatable bonds is 8. The zero-order valence-electron chi connectivity index (χ0n) is 11.1. The molecule has 1 N–H and O–H groups in total. The van der Waals surface area contributed by atoms with Gasteiger partial charge in [0.25, 0.3) is 0 Å². The molecule has 0 aromatic carbocycles. The first kappa shape index (κ1) is 15.0. The van der Waals surface area contributed by atoms with Gasteiger partial charge in [0, 0.05) is 18.5 Å². The molecule has 17 heavy (non-hydrogen) atoms. The van der Waals surface area contributed by atoms with Gasteiger partial charge in [-0.15, -0.1) is 11.3 Å². The summed E-state index contributed by atoms with van der Waals surface area (Å²) in [5, 5.41) is 4.74. The van der Waals surface area contributed by atoms with Crippen LogP contribution in [0.3, 0.4) is 0 Å². The zero-order chi connectivity index (χ0) is 12.7. The minimum atomic E-state index is 0.370. The molecule has 0 amide bonds. The SMILES string of the molecule is COCCNC(CCSC)c1nc(C)c(C)s1. The Kier molecular flexibility index (Phi) is 7.11. The van der Waals surface area contributed by atoms with Crippen molar-refractivity contribution in [1.82, 2.24) is 10.3 Å². The molecule has 0 aliphatic heterocycles. The first-order valence-corrected chi connectivity index (χ1v) is 8.05. The molecule has 0 spiro atoms. The fourth-order valence-electron chi connectivity index (χ4n) is 1.53. The molecule has 1 rings (SSSR count). The molecule has 0 aliphatic rings. The number of nitrogens with zero attached hydrogens (tertiary/aromatic N) is 1. The van der Waals surface area contributed by atoms with Crippen molar-refractivity contribution in [2.45, 2.75) is 26.3 Å². The number of aromatic nitrogens is 1. The summed E-state index contributed by atoms with van der Waals surface area (Å²) in [6.45, 7) is 5.85. The summed E-state index contributed by atoms with van der Waals surface area (Å²) in [5.41, 5.74) is 1.16. The van der Waals surface area contributed by atoms with Crippen molar-refractivity contribution in [1.29, 1.82) is 0 Å². The molecular weight excluding hydrogens is 252 g/mol. The predicted octanol–water partition coefficient (Wildman–Crippen LogP) is 2.79. The minimum absolute atomic E-state index is 0.370. The number of aryl methyl sites for hydroxylation is 2. The second-order valence-electron chi connectivity index (χ2n) is 3.97. The van der Waals surface area contributed by atoms with Crippen molar-refractivity contribution in [3.8, 4) is 0 Å². The average molecular weight is 274 g/mol. The quantitative estimate of drug-likeness (QED) is 0.739. The summed E-state index contributed by atoms with van der Waals surface area (Å²) in [6.07, 6.45) is 3.27. The average Bonchev–Trinajstić information content (AvgIpc) is 2.64. The molecule has 0 radical (unpaired) electrons. The van der Waals surface area contributed by atoms with Crippen LogP contribution in [-0.4, -0.2) is 37.3 Å². The van der Waals surface area contributed by atoms with Crippen LogP contribution >= 0.6 is 23.1 Å². The minimum Gasteiger partial charge on any atom is -0.383 e. The fraction of sp³-hybridized carbons (Fsp3) is 0.750. The van der Waals surface area contributed by atoms with Gasteiger partial charge in [-0.1, -0.05) is 0 Å². The van der Waals surface area contributed by atoms with E-state index in [1.807, 2.05) is 23.1 Å². The number of hydrogen-bond acceptors (Lipinski definition) is 5. The third-order valence-corrected chi connectivity index (χ3v) is 4.48. The van der Waals surface area contributed by atoms with E-state index in [1.54, 1.807) is 7.11 Å². The van der Waals surface area contributed by atoms with Gasteiger partial charge in [0.15, 0.2) is 0 Å². The highest BCUT2D eigenvalue weighted by Crippen LogP contribution is 2.25. The van der Waals surface area contributed by atoms with Crippen LogP contribution in [0.1, 0.15) is 28.0 Å².